The zero-order valence-electron chi connectivity index (χ0n) is 9.48. The fraction of sp³-hybridized carbons (Fsp3) is 0. The first kappa shape index (κ1) is 10.6. The van der Waals surface area contributed by atoms with Gasteiger partial charge in [-0.3, -0.25) is 4.79 Å². The molecule has 0 spiro atoms. The molecule has 5 heteroatoms. The maximum atomic E-state index is 12.5. The van der Waals surface area contributed by atoms with Gasteiger partial charge in [0.2, 0.25) is 0 Å². The van der Waals surface area contributed by atoms with Crippen molar-refractivity contribution in [1.82, 2.24) is 5.16 Å². The SMILES string of the molecule is O=C1c2ccccc2-c2onc3c(Cl)cc(O)c1c23. The average molecular weight is 272 g/mol. The van der Waals surface area contributed by atoms with Crippen molar-refractivity contribution in [2.45, 2.75) is 0 Å². The van der Waals surface area contributed by atoms with Crippen molar-refractivity contribution in [1.29, 1.82) is 0 Å². The summed E-state index contributed by atoms with van der Waals surface area (Å²) < 4.78 is 5.31. The van der Waals surface area contributed by atoms with Crippen LogP contribution in [0, 0.1) is 0 Å². The Morgan fingerprint density at radius 3 is 2.74 bits per heavy atom. The molecule has 0 saturated carbocycles. The second-order valence-corrected chi connectivity index (χ2v) is 4.77. The van der Waals surface area contributed by atoms with E-state index in [1.54, 1.807) is 18.2 Å². The van der Waals surface area contributed by atoms with Crippen LogP contribution in [0.25, 0.3) is 22.2 Å². The van der Waals surface area contributed by atoms with Crippen molar-refractivity contribution in [2.24, 2.45) is 0 Å². The highest BCUT2D eigenvalue weighted by Crippen LogP contribution is 2.44. The van der Waals surface area contributed by atoms with Crippen LogP contribution in [0.5, 0.6) is 5.75 Å². The molecule has 1 N–H and O–H groups in total. The predicted octanol–water partition coefficient (Wildman–Crippen LogP) is 3.40. The van der Waals surface area contributed by atoms with Gasteiger partial charge in [-0.1, -0.05) is 41.0 Å². The molecule has 1 aromatic heterocycles. The lowest BCUT2D eigenvalue weighted by atomic mass is 9.87. The minimum absolute atomic E-state index is 0.151. The average Bonchev–Trinajstić information content (AvgIpc) is 2.83. The van der Waals surface area contributed by atoms with Crippen LogP contribution < -0.4 is 0 Å². The van der Waals surface area contributed by atoms with Crippen molar-refractivity contribution in [3.63, 3.8) is 0 Å². The third-order valence-electron chi connectivity index (χ3n) is 3.33. The van der Waals surface area contributed by atoms with E-state index in [-0.39, 0.29) is 22.1 Å². The van der Waals surface area contributed by atoms with Gasteiger partial charge in [0.1, 0.15) is 11.3 Å². The summed E-state index contributed by atoms with van der Waals surface area (Å²) in [6.45, 7) is 0. The third-order valence-corrected chi connectivity index (χ3v) is 3.62. The monoisotopic (exact) mass is 271 g/mol. The van der Waals surface area contributed by atoms with Gasteiger partial charge < -0.3 is 9.63 Å². The number of aromatic hydroxyl groups is 1. The number of halogens is 1. The van der Waals surface area contributed by atoms with E-state index in [2.05, 4.69) is 5.16 Å². The zero-order valence-corrected chi connectivity index (χ0v) is 10.2. The Hall–Kier alpha value is -2.33. The number of hydrogen-bond donors (Lipinski definition) is 1. The smallest absolute Gasteiger partial charge is 0.198 e. The fourth-order valence-electron chi connectivity index (χ4n) is 2.50. The maximum Gasteiger partial charge on any atom is 0.198 e. The molecule has 92 valence electrons. The minimum Gasteiger partial charge on any atom is -0.507 e. The van der Waals surface area contributed by atoms with Gasteiger partial charge in [0.05, 0.1) is 16.0 Å². The highest BCUT2D eigenvalue weighted by Gasteiger charge is 2.32. The van der Waals surface area contributed by atoms with Gasteiger partial charge in [0, 0.05) is 17.2 Å². The molecule has 1 heterocycles. The number of carbonyl (C=O) groups is 1. The van der Waals surface area contributed by atoms with E-state index in [4.69, 9.17) is 16.1 Å². The van der Waals surface area contributed by atoms with Gasteiger partial charge in [-0.2, -0.15) is 0 Å². The molecule has 0 amide bonds. The van der Waals surface area contributed by atoms with Crippen molar-refractivity contribution in [3.8, 4) is 17.1 Å². The van der Waals surface area contributed by atoms with Gasteiger partial charge in [-0.15, -0.1) is 0 Å². The second-order valence-electron chi connectivity index (χ2n) is 4.36. The Morgan fingerprint density at radius 1 is 1.21 bits per heavy atom. The van der Waals surface area contributed by atoms with E-state index in [1.165, 1.54) is 6.07 Å². The van der Waals surface area contributed by atoms with Crippen LogP contribution in [0.15, 0.2) is 34.9 Å². The first-order valence-electron chi connectivity index (χ1n) is 5.63. The molecular weight excluding hydrogens is 266 g/mol. The van der Waals surface area contributed by atoms with Crippen LogP contribution in [-0.4, -0.2) is 16.0 Å². The number of hydrogen-bond acceptors (Lipinski definition) is 4. The van der Waals surface area contributed by atoms with Crippen LogP contribution in [-0.2, 0) is 0 Å². The first-order chi connectivity index (χ1) is 9.18. The van der Waals surface area contributed by atoms with Crippen LogP contribution in [0.3, 0.4) is 0 Å². The van der Waals surface area contributed by atoms with E-state index in [9.17, 15) is 9.90 Å². The van der Waals surface area contributed by atoms with Gasteiger partial charge in [0.25, 0.3) is 0 Å². The molecule has 1 aliphatic rings. The van der Waals surface area contributed by atoms with Crippen molar-refractivity contribution < 1.29 is 14.4 Å². The number of fused-ring (bicyclic) bond motifs is 2. The largest absolute Gasteiger partial charge is 0.507 e. The lowest BCUT2D eigenvalue weighted by Crippen LogP contribution is -2.08. The summed E-state index contributed by atoms with van der Waals surface area (Å²) in [4.78, 5) is 12.5. The standard InChI is InChI=1S/C14H6ClNO3/c15-8-5-9(17)10-11-12(8)16-19-14(11)7-4-2-1-3-6(7)13(10)18/h1-5,17H. The molecule has 3 aromatic rings. The molecule has 2 aromatic carbocycles. The molecule has 0 unspecified atom stereocenters. The Balaban J connectivity index is 2.28. The highest BCUT2D eigenvalue weighted by atomic mass is 35.5. The number of rotatable bonds is 0. The van der Waals surface area contributed by atoms with E-state index in [0.29, 0.717) is 27.8 Å². The molecule has 4 rings (SSSR count). The van der Waals surface area contributed by atoms with Crippen LogP contribution in [0.1, 0.15) is 15.9 Å². The Kier molecular flexibility index (Phi) is 1.87. The number of benzene rings is 2. The number of ketones is 1. The summed E-state index contributed by atoms with van der Waals surface area (Å²) in [5.41, 5.74) is 1.76. The number of carbonyl (C=O) groups excluding carboxylic acids is 1. The van der Waals surface area contributed by atoms with E-state index >= 15 is 0 Å². The van der Waals surface area contributed by atoms with Crippen molar-refractivity contribution in [3.05, 3.63) is 46.5 Å². The van der Waals surface area contributed by atoms with E-state index < -0.39 is 0 Å². The van der Waals surface area contributed by atoms with Gasteiger partial charge in [0.15, 0.2) is 11.5 Å². The van der Waals surface area contributed by atoms with Crippen molar-refractivity contribution in [2.75, 3.05) is 0 Å². The van der Waals surface area contributed by atoms with Crippen LogP contribution in [0.2, 0.25) is 5.02 Å². The number of phenols is 1. The summed E-state index contributed by atoms with van der Waals surface area (Å²) in [7, 11) is 0. The van der Waals surface area contributed by atoms with E-state index in [0.717, 1.165) is 0 Å². The molecule has 0 fully saturated rings. The van der Waals surface area contributed by atoms with Gasteiger partial charge in [-0.05, 0) is 0 Å². The molecule has 0 atom stereocenters. The minimum atomic E-state index is -0.245. The molecular formula is C14H6ClNO3. The molecule has 4 nitrogen and oxygen atoms in total. The summed E-state index contributed by atoms with van der Waals surface area (Å²) >= 11 is 6.01. The molecule has 0 aliphatic heterocycles. The summed E-state index contributed by atoms with van der Waals surface area (Å²) in [5, 5.41) is 14.6. The van der Waals surface area contributed by atoms with Gasteiger partial charge >= 0.3 is 0 Å². The second kappa shape index (κ2) is 3.36. The number of phenolic OH excluding ortho intramolecular Hbond substituents is 1. The molecule has 0 radical (unpaired) electrons. The zero-order chi connectivity index (χ0) is 13.1. The van der Waals surface area contributed by atoms with Crippen LogP contribution >= 0.6 is 11.6 Å². The predicted molar refractivity (Wildman–Crippen MR) is 69.6 cm³/mol. The highest BCUT2D eigenvalue weighted by molar-refractivity contribution is 6.38. The topological polar surface area (TPSA) is 63.3 Å². The first-order valence-corrected chi connectivity index (χ1v) is 6.01. The fourth-order valence-corrected chi connectivity index (χ4v) is 2.73. The van der Waals surface area contributed by atoms with Gasteiger partial charge in [-0.25, -0.2) is 0 Å². The third kappa shape index (κ3) is 1.19. The molecule has 0 saturated heterocycles. The maximum absolute atomic E-state index is 12.5. The Labute approximate surface area is 112 Å². The summed E-state index contributed by atoms with van der Waals surface area (Å²) in [6.07, 6.45) is 0. The lowest BCUT2D eigenvalue weighted by molar-refractivity contribution is 0.103. The lowest BCUT2D eigenvalue weighted by Gasteiger charge is -2.14. The summed E-state index contributed by atoms with van der Waals surface area (Å²) in [6, 6.07) is 8.38. The van der Waals surface area contributed by atoms with Crippen LogP contribution in [0.4, 0.5) is 0 Å². The normalized spacial score (nSPS) is 12.8. The van der Waals surface area contributed by atoms with Crippen molar-refractivity contribution >= 4 is 28.3 Å². The number of nitrogens with zero attached hydrogens (tertiary/aromatic N) is 1. The Morgan fingerprint density at radius 2 is 1.95 bits per heavy atom. The quantitative estimate of drug-likeness (QED) is 0.532. The molecule has 1 aliphatic carbocycles. The Bertz CT molecular complexity index is 866. The molecule has 19 heavy (non-hydrogen) atoms. The van der Waals surface area contributed by atoms with E-state index in [1.807, 2.05) is 6.07 Å². The molecule has 0 bridgehead atoms. The summed E-state index contributed by atoms with van der Waals surface area (Å²) in [5.74, 6) is 0.0740. The number of aromatic nitrogens is 1.